The fraction of sp³-hybridized carbons (Fsp3) is 0.400. The highest BCUT2D eigenvalue weighted by Crippen LogP contribution is 2.23. The van der Waals surface area contributed by atoms with Crippen LogP contribution in [0.2, 0.25) is 0 Å². The Kier molecular flexibility index (Phi) is 4.83. The second kappa shape index (κ2) is 6.41. The monoisotopic (exact) mass is 338 g/mol. The Morgan fingerprint density at radius 2 is 2.00 bits per heavy atom. The van der Waals surface area contributed by atoms with Gasteiger partial charge >= 0.3 is 0 Å². The molecule has 1 heterocycles. The molecule has 1 unspecified atom stereocenters. The molecule has 0 spiro atoms. The lowest BCUT2D eigenvalue weighted by Crippen LogP contribution is -2.04. The van der Waals surface area contributed by atoms with E-state index in [4.69, 9.17) is 4.74 Å². The van der Waals surface area contributed by atoms with Crippen molar-refractivity contribution in [3.8, 4) is 5.75 Å². The summed E-state index contributed by atoms with van der Waals surface area (Å²) in [6.07, 6.45) is 0.305. The quantitative estimate of drug-likeness (QED) is 0.907. The maximum atomic E-state index is 9.74. The first kappa shape index (κ1) is 15.1. The second-order valence-corrected chi connectivity index (χ2v) is 5.54. The van der Waals surface area contributed by atoms with E-state index in [-0.39, 0.29) is 0 Å². The Balaban J connectivity index is 2.04. The van der Waals surface area contributed by atoms with Gasteiger partial charge in [-0.05, 0) is 47.0 Å². The van der Waals surface area contributed by atoms with Crippen LogP contribution in [0.5, 0.6) is 5.75 Å². The standard InChI is InChI=1S/C15H19BrN2O2/c1-4-14(19)11-5-7-12(8-6-11)20-9-13-15(16)10(2)17-18(13)3/h5-8,14,19H,4,9H2,1-3H3. The van der Waals surface area contributed by atoms with Crippen LogP contribution in [0.25, 0.3) is 0 Å². The number of hydrogen-bond donors (Lipinski definition) is 1. The Hall–Kier alpha value is -1.33. The van der Waals surface area contributed by atoms with Gasteiger partial charge in [0, 0.05) is 7.05 Å². The minimum absolute atomic E-state index is 0.405. The summed E-state index contributed by atoms with van der Waals surface area (Å²) >= 11 is 3.52. The van der Waals surface area contributed by atoms with Gasteiger partial charge in [-0.1, -0.05) is 19.1 Å². The normalized spacial score (nSPS) is 12.4. The lowest BCUT2D eigenvalue weighted by atomic mass is 10.1. The van der Waals surface area contributed by atoms with Gasteiger partial charge in [0.1, 0.15) is 12.4 Å². The van der Waals surface area contributed by atoms with Crippen molar-refractivity contribution in [3.05, 3.63) is 45.7 Å². The number of ether oxygens (including phenoxy) is 1. The van der Waals surface area contributed by atoms with E-state index in [1.165, 1.54) is 0 Å². The summed E-state index contributed by atoms with van der Waals surface area (Å²) in [5.41, 5.74) is 2.87. The first-order valence-electron chi connectivity index (χ1n) is 6.61. The number of nitrogens with zero attached hydrogens (tertiary/aromatic N) is 2. The van der Waals surface area contributed by atoms with Crippen molar-refractivity contribution in [1.82, 2.24) is 9.78 Å². The van der Waals surface area contributed by atoms with Crippen molar-refractivity contribution in [3.63, 3.8) is 0 Å². The molecule has 4 nitrogen and oxygen atoms in total. The van der Waals surface area contributed by atoms with E-state index >= 15 is 0 Å². The zero-order valence-corrected chi connectivity index (χ0v) is 13.5. The van der Waals surface area contributed by atoms with Crippen LogP contribution >= 0.6 is 15.9 Å². The molecule has 0 saturated heterocycles. The summed E-state index contributed by atoms with van der Waals surface area (Å²) in [4.78, 5) is 0. The largest absolute Gasteiger partial charge is 0.487 e. The summed E-state index contributed by atoms with van der Waals surface area (Å²) in [7, 11) is 1.90. The van der Waals surface area contributed by atoms with Crippen LogP contribution in [0.4, 0.5) is 0 Å². The van der Waals surface area contributed by atoms with E-state index in [1.54, 1.807) is 0 Å². The molecular formula is C15H19BrN2O2. The molecule has 1 atom stereocenters. The molecule has 20 heavy (non-hydrogen) atoms. The van der Waals surface area contributed by atoms with Crippen LogP contribution in [0.15, 0.2) is 28.7 Å². The molecule has 0 fully saturated rings. The Labute approximate surface area is 127 Å². The minimum Gasteiger partial charge on any atom is -0.487 e. The third kappa shape index (κ3) is 3.22. The molecule has 5 heteroatoms. The van der Waals surface area contributed by atoms with Crippen LogP contribution in [0.3, 0.4) is 0 Å². The Morgan fingerprint density at radius 3 is 2.50 bits per heavy atom. The Morgan fingerprint density at radius 1 is 1.35 bits per heavy atom. The lowest BCUT2D eigenvalue weighted by Gasteiger charge is -2.10. The molecule has 1 N–H and O–H groups in total. The number of halogens is 1. The number of aryl methyl sites for hydroxylation is 2. The molecule has 2 aromatic rings. The van der Waals surface area contributed by atoms with Crippen LogP contribution in [-0.4, -0.2) is 14.9 Å². The molecule has 0 aliphatic rings. The van der Waals surface area contributed by atoms with Gasteiger partial charge in [0.2, 0.25) is 0 Å². The van der Waals surface area contributed by atoms with Crippen LogP contribution < -0.4 is 4.74 Å². The van der Waals surface area contributed by atoms with Gasteiger partial charge in [-0.25, -0.2) is 0 Å². The van der Waals surface area contributed by atoms with Crippen molar-refractivity contribution in [1.29, 1.82) is 0 Å². The maximum Gasteiger partial charge on any atom is 0.131 e. The van der Waals surface area contributed by atoms with Gasteiger partial charge in [0.05, 0.1) is 22.0 Å². The second-order valence-electron chi connectivity index (χ2n) is 4.75. The summed E-state index contributed by atoms with van der Waals surface area (Å²) in [6, 6.07) is 7.55. The number of aliphatic hydroxyl groups excluding tert-OH is 1. The molecule has 0 aliphatic carbocycles. The van der Waals surface area contributed by atoms with Gasteiger partial charge in [0.25, 0.3) is 0 Å². The van der Waals surface area contributed by atoms with Gasteiger partial charge < -0.3 is 9.84 Å². The van der Waals surface area contributed by atoms with Crippen molar-refractivity contribution < 1.29 is 9.84 Å². The Bertz CT molecular complexity index is 578. The van der Waals surface area contributed by atoms with Crippen LogP contribution in [0.1, 0.15) is 36.4 Å². The SMILES string of the molecule is CCC(O)c1ccc(OCc2c(Br)c(C)nn2C)cc1. The molecule has 1 aromatic carbocycles. The molecule has 1 aromatic heterocycles. The van der Waals surface area contributed by atoms with Gasteiger partial charge in [-0.2, -0.15) is 5.10 Å². The molecule has 2 rings (SSSR count). The average Bonchev–Trinajstić information content (AvgIpc) is 2.70. The van der Waals surface area contributed by atoms with E-state index in [2.05, 4.69) is 21.0 Å². The summed E-state index contributed by atoms with van der Waals surface area (Å²) in [6.45, 7) is 4.36. The first-order valence-corrected chi connectivity index (χ1v) is 7.41. The third-order valence-corrected chi connectivity index (χ3v) is 4.32. The van der Waals surface area contributed by atoms with E-state index in [0.717, 1.165) is 27.2 Å². The molecule has 0 aliphatic heterocycles. The van der Waals surface area contributed by atoms with Crippen molar-refractivity contribution in [2.45, 2.75) is 33.0 Å². The fourth-order valence-corrected chi connectivity index (χ4v) is 2.46. The molecular weight excluding hydrogens is 320 g/mol. The maximum absolute atomic E-state index is 9.74. The molecule has 0 saturated carbocycles. The van der Waals surface area contributed by atoms with Crippen molar-refractivity contribution >= 4 is 15.9 Å². The third-order valence-electron chi connectivity index (χ3n) is 3.29. The van der Waals surface area contributed by atoms with E-state index < -0.39 is 6.10 Å². The topological polar surface area (TPSA) is 47.3 Å². The van der Waals surface area contributed by atoms with Crippen LogP contribution in [-0.2, 0) is 13.7 Å². The zero-order chi connectivity index (χ0) is 14.7. The highest BCUT2D eigenvalue weighted by Gasteiger charge is 2.11. The minimum atomic E-state index is -0.405. The van der Waals surface area contributed by atoms with Crippen LogP contribution in [0, 0.1) is 6.92 Å². The summed E-state index contributed by atoms with van der Waals surface area (Å²) in [5, 5.41) is 14.1. The summed E-state index contributed by atoms with van der Waals surface area (Å²) < 4.78 is 8.56. The summed E-state index contributed by atoms with van der Waals surface area (Å²) in [5.74, 6) is 0.780. The number of rotatable bonds is 5. The van der Waals surface area contributed by atoms with E-state index in [9.17, 15) is 5.11 Å². The highest BCUT2D eigenvalue weighted by molar-refractivity contribution is 9.10. The molecule has 108 valence electrons. The number of aliphatic hydroxyl groups is 1. The number of benzene rings is 1. The molecule has 0 radical (unpaired) electrons. The van der Waals surface area contributed by atoms with Gasteiger partial charge in [-0.15, -0.1) is 0 Å². The molecule has 0 bridgehead atoms. The predicted molar refractivity (Wildman–Crippen MR) is 81.7 cm³/mol. The van der Waals surface area contributed by atoms with Gasteiger partial charge in [0.15, 0.2) is 0 Å². The number of aromatic nitrogens is 2. The highest BCUT2D eigenvalue weighted by atomic mass is 79.9. The first-order chi connectivity index (χ1) is 9.52. The smallest absolute Gasteiger partial charge is 0.131 e. The van der Waals surface area contributed by atoms with Gasteiger partial charge in [-0.3, -0.25) is 4.68 Å². The average molecular weight is 339 g/mol. The zero-order valence-electron chi connectivity index (χ0n) is 11.9. The van der Waals surface area contributed by atoms with E-state index in [0.29, 0.717) is 13.0 Å². The predicted octanol–water partition coefficient (Wildman–Crippen LogP) is 3.51. The molecule has 0 amide bonds. The van der Waals surface area contributed by atoms with E-state index in [1.807, 2.05) is 49.8 Å². The van der Waals surface area contributed by atoms with Crippen molar-refractivity contribution in [2.75, 3.05) is 0 Å². The lowest BCUT2D eigenvalue weighted by molar-refractivity contribution is 0.173. The van der Waals surface area contributed by atoms with Crippen molar-refractivity contribution in [2.24, 2.45) is 7.05 Å². The fourth-order valence-electron chi connectivity index (χ4n) is 2.01. The number of hydrogen-bond acceptors (Lipinski definition) is 3.